The lowest BCUT2D eigenvalue weighted by Crippen LogP contribution is -2.45. The predicted molar refractivity (Wildman–Crippen MR) is 124 cm³/mol. The lowest BCUT2D eigenvalue weighted by Gasteiger charge is -2.40. The third kappa shape index (κ3) is 8.13. The molecular formula is C18H30ClIN4O2S. The minimum absolute atomic E-state index is 0. The van der Waals surface area contributed by atoms with Gasteiger partial charge in [0.25, 0.3) is 0 Å². The van der Waals surface area contributed by atoms with Gasteiger partial charge in [0.2, 0.25) is 0 Å². The van der Waals surface area contributed by atoms with Gasteiger partial charge >= 0.3 is 0 Å². The number of hydrogen-bond acceptors (Lipinski definition) is 4. The summed E-state index contributed by atoms with van der Waals surface area (Å²) >= 11 is 6.19. The van der Waals surface area contributed by atoms with Crippen LogP contribution in [-0.4, -0.2) is 65.0 Å². The molecule has 1 fully saturated rings. The van der Waals surface area contributed by atoms with Crippen molar-refractivity contribution in [2.45, 2.75) is 18.9 Å². The molecule has 6 nitrogen and oxygen atoms in total. The van der Waals surface area contributed by atoms with E-state index in [2.05, 4.69) is 33.6 Å². The summed E-state index contributed by atoms with van der Waals surface area (Å²) in [6, 6.07) is 8.36. The minimum Gasteiger partial charge on any atom is -0.356 e. The van der Waals surface area contributed by atoms with Gasteiger partial charge in [-0.05, 0) is 50.0 Å². The summed E-state index contributed by atoms with van der Waals surface area (Å²) < 4.78 is 22.5. The first-order chi connectivity index (χ1) is 12.3. The van der Waals surface area contributed by atoms with Crippen molar-refractivity contribution in [1.82, 2.24) is 15.5 Å². The first kappa shape index (κ1) is 24.5. The zero-order chi connectivity index (χ0) is 19.2. The lowest BCUT2D eigenvalue weighted by atomic mass is 9.85. The van der Waals surface area contributed by atoms with E-state index in [1.165, 1.54) is 11.8 Å². The second-order valence-electron chi connectivity index (χ2n) is 6.89. The number of hydrogen-bond donors (Lipinski definition) is 2. The van der Waals surface area contributed by atoms with Crippen LogP contribution in [0.15, 0.2) is 29.3 Å². The average molecular weight is 529 g/mol. The van der Waals surface area contributed by atoms with Crippen molar-refractivity contribution in [2.24, 2.45) is 10.9 Å². The lowest BCUT2D eigenvalue weighted by molar-refractivity contribution is 0.122. The van der Waals surface area contributed by atoms with Crippen LogP contribution in [-0.2, 0) is 9.84 Å². The highest BCUT2D eigenvalue weighted by atomic mass is 127. The van der Waals surface area contributed by atoms with Crippen molar-refractivity contribution < 1.29 is 8.42 Å². The number of sulfone groups is 1. The predicted octanol–water partition coefficient (Wildman–Crippen LogP) is 2.55. The number of aliphatic imine (C=N–C) groups is 1. The van der Waals surface area contributed by atoms with Crippen LogP contribution in [0.3, 0.4) is 0 Å². The molecule has 1 aliphatic heterocycles. The highest BCUT2D eigenvalue weighted by Gasteiger charge is 2.30. The van der Waals surface area contributed by atoms with Crippen LogP contribution in [0.2, 0.25) is 5.02 Å². The number of benzene rings is 1. The molecule has 2 unspecified atom stereocenters. The Labute approximate surface area is 185 Å². The molecule has 0 bridgehead atoms. The highest BCUT2D eigenvalue weighted by molar-refractivity contribution is 14.0. The second kappa shape index (κ2) is 11.4. The van der Waals surface area contributed by atoms with Gasteiger partial charge in [0.15, 0.2) is 5.96 Å². The largest absolute Gasteiger partial charge is 0.356 e. The van der Waals surface area contributed by atoms with Gasteiger partial charge in [0.05, 0.1) is 5.75 Å². The first-order valence-electron chi connectivity index (χ1n) is 8.88. The van der Waals surface area contributed by atoms with Crippen molar-refractivity contribution in [1.29, 1.82) is 0 Å². The van der Waals surface area contributed by atoms with Gasteiger partial charge in [-0.2, -0.15) is 0 Å². The van der Waals surface area contributed by atoms with E-state index in [-0.39, 0.29) is 29.7 Å². The maximum Gasteiger partial charge on any atom is 0.191 e. The van der Waals surface area contributed by atoms with Crippen molar-refractivity contribution in [3.8, 4) is 0 Å². The molecule has 1 aromatic carbocycles. The number of rotatable bonds is 6. The molecule has 0 aromatic heterocycles. The van der Waals surface area contributed by atoms with Gasteiger partial charge in [-0.15, -0.1) is 24.0 Å². The Bertz CT molecular complexity index is 730. The average Bonchev–Trinajstić information content (AvgIpc) is 2.57. The Kier molecular flexibility index (Phi) is 10.4. The summed E-state index contributed by atoms with van der Waals surface area (Å²) in [5, 5.41) is 7.17. The number of guanidine groups is 1. The Morgan fingerprint density at radius 2 is 2.11 bits per heavy atom. The fourth-order valence-corrected chi connectivity index (χ4v) is 4.17. The fourth-order valence-electron chi connectivity index (χ4n) is 3.49. The van der Waals surface area contributed by atoms with Gasteiger partial charge in [0, 0.05) is 37.5 Å². The van der Waals surface area contributed by atoms with Crippen LogP contribution in [0.4, 0.5) is 0 Å². The van der Waals surface area contributed by atoms with Crippen molar-refractivity contribution in [3.05, 3.63) is 34.9 Å². The Morgan fingerprint density at radius 3 is 2.74 bits per heavy atom. The Hall–Kier alpha value is -0.580. The normalized spacial score (nSPS) is 21.4. The maximum atomic E-state index is 11.3. The molecule has 2 atom stereocenters. The van der Waals surface area contributed by atoms with Gasteiger partial charge in [-0.25, -0.2) is 8.42 Å². The van der Waals surface area contributed by atoms with Crippen LogP contribution in [0.1, 0.15) is 24.4 Å². The van der Waals surface area contributed by atoms with Crippen molar-refractivity contribution in [3.63, 3.8) is 0 Å². The molecule has 0 radical (unpaired) electrons. The third-order valence-electron chi connectivity index (χ3n) is 4.72. The van der Waals surface area contributed by atoms with Crippen LogP contribution in [0.25, 0.3) is 0 Å². The number of piperidine rings is 1. The van der Waals surface area contributed by atoms with E-state index < -0.39 is 9.84 Å². The SMILES string of the molecule is CN=C(NCCS(C)(=O)=O)NCC1CCCN(C)C1c1cccc(Cl)c1.I. The summed E-state index contributed by atoms with van der Waals surface area (Å²) in [7, 11) is 0.857. The highest BCUT2D eigenvalue weighted by Crippen LogP contribution is 2.35. The maximum absolute atomic E-state index is 11.3. The van der Waals surface area contributed by atoms with E-state index in [0.29, 0.717) is 24.5 Å². The molecule has 0 amide bonds. The molecule has 1 aliphatic rings. The summed E-state index contributed by atoms with van der Waals surface area (Å²) in [5.74, 6) is 1.14. The van der Waals surface area contributed by atoms with E-state index in [9.17, 15) is 8.42 Å². The quantitative estimate of drug-likeness (QED) is 0.337. The van der Waals surface area contributed by atoms with E-state index in [0.717, 1.165) is 31.0 Å². The molecule has 154 valence electrons. The van der Waals surface area contributed by atoms with E-state index in [1.54, 1.807) is 7.05 Å². The molecule has 1 aromatic rings. The molecule has 1 heterocycles. The Balaban J connectivity index is 0.00000364. The molecule has 0 spiro atoms. The van der Waals surface area contributed by atoms with E-state index in [1.807, 2.05) is 18.2 Å². The molecule has 9 heteroatoms. The molecule has 2 rings (SSSR count). The number of likely N-dealkylation sites (tertiary alicyclic amines) is 1. The molecule has 0 saturated carbocycles. The van der Waals surface area contributed by atoms with Crippen LogP contribution in [0.5, 0.6) is 0 Å². The summed E-state index contributed by atoms with van der Waals surface area (Å²) in [6.07, 6.45) is 3.51. The third-order valence-corrected chi connectivity index (χ3v) is 5.90. The molecule has 1 saturated heterocycles. The first-order valence-corrected chi connectivity index (χ1v) is 11.3. The zero-order valence-electron chi connectivity index (χ0n) is 16.1. The van der Waals surface area contributed by atoms with Gasteiger partial charge < -0.3 is 10.6 Å². The zero-order valence-corrected chi connectivity index (χ0v) is 20.0. The number of nitrogens with one attached hydrogen (secondary N) is 2. The standard InChI is InChI=1S/C18H29ClN4O2S.HI/c1-20-18(21-9-11-26(3,24)25)22-13-15-7-5-10-23(2)17(15)14-6-4-8-16(19)12-14;/h4,6,8,12,15,17H,5,7,9-11,13H2,1-3H3,(H2,20,21,22);1H. The molecule has 0 aliphatic carbocycles. The number of halogens is 2. The van der Waals surface area contributed by atoms with Crippen LogP contribution in [0, 0.1) is 5.92 Å². The minimum atomic E-state index is -2.98. The molecule has 27 heavy (non-hydrogen) atoms. The van der Waals surface area contributed by atoms with Gasteiger partial charge in [-0.1, -0.05) is 23.7 Å². The summed E-state index contributed by atoms with van der Waals surface area (Å²) in [5.41, 5.74) is 1.23. The molecular weight excluding hydrogens is 499 g/mol. The summed E-state index contributed by atoms with van der Waals surface area (Å²) in [6.45, 7) is 2.18. The smallest absolute Gasteiger partial charge is 0.191 e. The monoisotopic (exact) mass is 528 g/mol. The van der Waals surface area contributed by atoms with Crippen LogP contribution < -0.4 is 10.6 Å². The van der Waals surface area contributed by atoms with Crippen LogP contribution >= 0.6 is 35.6 Å². The van der Waals surface area contributed by atoms with E-state index >= 15 is 0 Å². The van der Waals surface area contributed by atoms with E-state index in [4.69, 9.17) is 11.6 Å². The molecule has 2 N–H and O–H groups in total. The van der Waals surface area contributed by atoms with Crippen molar-refractivity contribution >= 4 is 51.4 Å². The van der Waals surface area contributed by atoms with Gasteiger partial charge in [0.1, 0.15) is 9.84 Å². The summed E-state index contributed by atoms with van der Waals surface area (Å²) in [4.78, 5) is 6.56. The second-order valence-corrected chi connectivity index (χ2v) is 9.59. The number of nitrogens with zero attached hydrogens (tertiary/aromatic N) is 2. The topological polar surface area (TPSA) is 73.8 Å². The fraction of sp³-hybridized carbons (Fsp3) is 0.611. The van der Waals surface area contributed by atoms with Crippen molar-refractivity contribution in [2.75, 3.05) is 45.7 Å². The van der Waals surface area contributed by atoms with Gasteiger partial charge in [-0.3, -0.25) is 9.89 Å². The Morgan fingerprint density at radius 1 is 1.37 bits per heavy atom.